The van der Waals surface area contributed by atoms with Crippen molar-refractivity contribution < 1.29 is 54.2 Å². The van der Waals surface area contributed by atoms with E-state index in [1.54, 1.807) is 24.3 Å². The number of benzene rings is 1. The van der Waals surface area contributed by atoms with Gasteiger partial charge < -0.3 is 26.4 Å². The molecule has 0 unspecified atom stereocenters. The van der Waals surface area contributed by atoms with Gasteiger partial charge in [-0.25, -0.2) is 0 Å². The minimum absolute atomic E-state index is 0. The number of carboxylic acid groups (broad SMARTS) is 1. The molecule has 1 aromatic heterocycles. The Hall–Kier alpha value is -1.30. The molecule has 2 rings (SSSR count). The maximum Gasteiger partial charge on any atom is 2.00 e. The van der Waals surface area contributed by atoms with E-state index in [4.69, 9.17) is 16.7 Å². The molecule has 0 aliphatic heterocycles. The van der Waals surface area contributed by atoms with Gasteiger partial charge in [-0.2, -0.15) is 13.2 Å². The zero-order valence-electron chi connectivity index (χ0n) is 12.7. The average molecular weight is 599 g/mol. The van der Waals surface area contributed by atoms with Gasteiger partial charge in [-0.15, -0.1) is 0 Å². The van der Waals surface area contributed by atoms with Crippen LogP contribution in [0.1, 0.15) is 6.42 Å². The fourth-order valence-corrected chi connectivity index (χ4v) is 1.53. The molecule has 2 aromatic rings. The van der Waals surface area contributed by atoms with E-state index in [0.29, 0.717) is 10.7 Å². The Morgan fingerprint density at radius 3 is 2.24 bits per heavy atom. The zero-order valence-corrected chi connectivity index (χ0v) is 17.6. The first-order valence-electron chi connectivity index (χ1n) is 6.45. The summed E-state index contributed by atoms with van der Waals surface area (Å²) in [5.41, 5.74) is 0.686. The number of carbonyl (C=O) groups is 1. The third-order valence-electron chi connectivity index (χ3n) is 2.53. The molecule has 1 heterocycles. The molecule has 0 aliphatic rings. The van der Waals surface area contributed by atoms with E-state index in [9.17, 15) is 22.8 Å². The molecule has 132 valence electrons. The molecule has 1 aromatic carbocycles. The van der Waals surface area contributed by atoms with Crippen molar-refractivity contribution in [1.29, 1.82) is 0 Å². The standard InChI is InChI=1S/C12H8ClN2O3.C3H4F3.U/c13-9-3-1-8(2-4-9)10-5-11(16)15(7-14-10)6-12(17)18;1-2-3(4,5)6;/h1-5H,6H2,(H,17,18);1-2H2;/q2*-1;+2. The van der Waals surface area contributed by atoms with Crippen molar-refractivity contribution in [3.05, 3.63) is 59.0 Å². The second-order valence-corrected chi connectivity index (χ2v) is 4.87. The number of aliphatic carboxylic acids is 1. The van der Waals surface area contributed by atoms with Gasteiger partial charge in [0.1, 0.15) is 12.1 Å². The van der Waals surface area contributed by atoms with Crippen molar-refractivity contribution in [2.24, 2.45) is 0 Å². The van der Waals surface area contributed by atoms with Gasteiger partial charge in [0.25, 0.3) is 0 Å². The van der Waals surface area contributed by atoms with Crippen LogP contribution in [0.3, 0.4) is 0 Å². The fourth-order valence-electron chi connectivity index (χ4n) is 1.41. The number of alkyl halides is 3. The SMILES string of the molecule is O=C(O)Cn1[c-]nc(-c2ccc(Cl)cc2)cc1=O.[CH2-]CC(F)(F)F.[U+2]. The number of hydrogen-bond donors (Lipinski definition) is 1. The van der Waals surface area contributed by atoms with Crippen LogP contribution in [0.4, 0.5) is 13.2 Å². The summed E-state index contributed by atoms with van der Waals surface area (Å²) in [5, 5.41) is 9.17. The predicted molar refractivity (Wildman–Crippen MR) is 81.4 cm³/mol. The number of hydrogen-bond acceptors (Lipinski definition) is 3. The molecule has 25 heavy (non-hydrogen) atoms. The normalized spacial score (nSPS) is 10.3. The van der Waals surface area contributed by atoms with Crippen molar-refractivity contribution >= 4 is 17.6 Å². The number of carboxylic acids is 1. The molecule has 0 saturated carbocycles. The predicted octanol–water partition coefficient (Wildman–Crippen LogP) is 3.22. The number of halogens is 4. The third-order valence-corrected chi connectivity index (χ3v) is 2.79. The van der Waals surface area contributed by atoms with Gasteiger partial charge in [-0.1, -0.05) is 41.8 Å². The molecule has 0 radical (unpaired) electrons. The van der Waals surface area contributed by atoms with Crippen LogP contribution in [-0.4, -0.2) is 26.8 Å². The Bertz CT molecular complexity index is 749. The molecule has 1 N–H and O–H groups in total. The summed E-state index contributed by atoms with van der Waals surface area (Å²) in [5.74, 6) is -1.12. The second kappa shape index (κ2) is 10.6. The third kappa shape index (κ3) is 9.10. The fraction of sp³-hybridized carbons (Fsp3) is 0.200. The summed E-state index contributed by atoms with van der Waals surface area (Å²) >= 11 is 5.75. The molecule has 0 fully saturated rings. The Kier molecular flexibility index (Phi) is 10.1. The van der Waals surface area contributed by atoms with E-state index >= 15 is 0 Å². The molecule has 0 spiro atoms. The van der Waals surface area contributed by atoms with Crippen LogP contribution in [0.15, 0.2) is 35.1 Å². The van der Waals surface area contributed by atoms with E-state index < -0.39 is 30.7 Å². The largest absolute Gasteiger partial charge is 2.00 e. The molecule has 0 bridgehead atoms. The van der Waals surface area contributed by atoms with E-state index in [1.165, 1.54) is 6.07 Å². The maximum absolute atomic E-state index is 11.6. The number of aromatic nitrogens is 2. The first kappa shape index (κ1) is 23.7. The van der Waals surface area contributed by atoms with Crippen molar-refractivity contribution in [3.8, 4) is 11.3 Å². The molecule has 0 saturated heterocycles. The second-order valence-electron chi connectivity index (χ2n) is 4.43. The smallest absolute Gasteiger partial charge is 0.480 e. The molecule has 0 amide bonds. The molecular formula is C15H12ClF3N2O3U. The topological polar surface area (TPSA) is 72.2 Å². The first-order valence-corrected chi connectivity index (χ1v) is 6.83. The van der Waals surface area contributed by atoms with Gasteiger partial charge in [0.05, 0.1) is 0 Å². The van der Waals surface area contributed by atoms with Crippen molar-refractivity contribution in [3.63, 3.8) is 0 Å². The summed E-state index contributed by atoms with van der Waals surface area (Å²) in [6.45, 7) is 2.18. The van der Waals surface area contributed by atoms with Crippen LogP contribution in [0.2, 0.25) is 5.02 Å². The number of nitrogens with zero attached hydrogens (tertiary/aromatic N) is 2. The van der Waals surface area contributed by atoms with E-state index in [0.717, 1.165) is 10.1 Å². The van der Waals surface area contributed by atoms with Crippen LogP contribution < -0.4 is 5.56 Å². The summed E-state index contributed by atoms with van der Waals surface area (Å²) in [6.07, 6.45) is -2.66. The van der Waals surface area contributed by atoms with Crippen molar-refractivity contribution in [1.82, 2.24) is 9.55 Å². The molecule has 0 aliphatic carbocycles. The maximum atomic E-state index is 11.6. The summed E-state index contributed by atoms with van der Waals surface area (Å²) in [7, 11) is 0. The molecule has 0 atom stereocenters. The van der Waals surface area contributed by atoms with Crippen LogP contribution >= 0.6 is 11.6 Å². The Morgan fingerprint density at radius 2 is 1.84 bits per heavy atom. The summed E-state index contributed by atoms with van der Waals surface area (Å²) in [6, 6.07) is 8.07. The molecular weight excluding hydrogens is 587 g/mol. The minimum Gasteiger partial charge on any atom is -0.480 e. The van der Waals surface area contributed by atoms with Gasteiger partial charge in [0.2, 0.25) is 0 Å². The first-order chi connectivity index (χ1) is 11.1. The average Bonchev–Trinajstić information content (AvgIpc) is 2.50. The Labute approximate surface area is 170 Å². The van der Waals surface area contributed by atoms with Gasteiger partial charge in [0, 0.05) is 11.3 Å². The molecule has 10 heteroatoms. The van der Waals surface area contributed by atoms with Crippen LogP contribution in [0.25, 0.3) is 11.3 Å². The van der Waals surface area contributed by atoms with Crippen molar-refractivity contribution in [2.45, 2.75) is 19.1 Å². The van der Waals surface area contributed by atoms with E-state index in [2.05, 4.69) is 18.2 Å². The molecule has 5 nitrogen and oxygen atoms in total. The van der Waals surface area contributed by atoms with Crippen LogP contribution in [0, 0.1) is 44.4 Å². The zero-order chi connectivity index (χ0) is 18.3. The minimum atomic E-state index is -4.07. The number of rotatable bonds is 3. The summed E-state index contributed by atoms with van der Waals surface area (Å²) in [4.78, 5) is 26.0. The van der Waals surface area contributed by atoms with Gasteiger partial charge in [-0.05, 0) is 17.8 Å². The summed E-state index contributed by atoms with van der Waals surface area (Å²) < 4.78 is 33.1. The Morgan fingerprint density at radius 1 is 1.32 bits per heavy atom. The van der Waals surface area contributed by atoms with E-state index in [1.807, 2.05) is 0 Å². The van der Waals surface area contributed by atoms with Gasteiger partial charge in [0.15, 0.2) is 0 Å². The quantitative estimate of drug-likeness (QED) is 0.551. The van der Waals surface area contributed by atoms with Crippen molar-refractivity contribution in [2.75, 3.05) is 0 Å². The monoisotopic (exact) mass is 598 g/mol. The van der Waals surface area contributed by atoms with E-state index in [-0.39, 0.29) is 31.1 Å². The van der Waals surface area contributed by atoms with Crippen LogP contribution in [-0.2, 0) is 11.3 Å². The Balaban J connectivity index is 0.000000715. The van der Waals surface area contributed by atoms with Crippen LogP contribution in [0.5, 0.6) is 0 Å². The van der Waals surface area contributed by atoms with Gasteiger partial charge >= 0.3 is 43.3 Å². The van der Waals surface area contributed by atoms with Gasteiger partial charge in [-0.3, -0.25) is 4.79 Å².